The molecule has 0 fully saturated rings. The quantitative estimate of drug-likeness (QED) is 0.376. The summed E-state index contributed by atoms with van der Waals surface area (Å²) in [5.74, 6) is 0.798. The highest BCUT2D eigenvalue weighted by Crippen LogP contribution is 2.29. The summed E-state index contributed by atoms with van der Waals surface area (Å²) in [4.78, 5) is 21.1. The molecule has 1 atom stereocenters. The van der Waals surface area contributed by atoms with Crippen LogP contribution in [0.2, 0.25) is 0 Å². The second-order valence-electron chi connectivity index (χ2n) is 8.16. The summed E-state index contributed by atoms with van der Waals surface area (Å²) in [6, 6.07) is 22.3. The summed E-state index contributed by atoms with van der Waals surface area (Å²) in [5, 5.41) is 11.3. The number of carbonyl (C=O) groups is 1. The van der Waals surface area contributed by atoms with Gasteiger partial charge in [0.15, 0.2) is 0 Å². The molecule has 3 aromatic carbocycles. The summed E-state index contributed by atoms with van der Waals surface area (Å²) in [6.45, 7) is 0. The third-order valence-corrected chi connectivity index (χ3v) is 6.12. The number of nitrogens with one attached hydrogen (secondary N) is 1. The van der Waals surface area contributed by atoms with Gasteiger partial charge in [0, 0.05) is 23.7 Å². The SMILES string of the molecule is O=C(NO)c1ccc2c(c1)CC(Cc1nccc(-c3ccc4ccccc4c3)n1)CC2. The molecule has 0 saturated carbocycles. The molecule has 0 aliphatic heterocycles. The van der Waals surface area contributed by atoms with Gasteiger partial charge in [-0.25, -0.2) is 15.4 Å². The van der Waals surface area contributed by atoms with Crippen LogP contribution >= 0.6 is 0 Å². The largest absolute Gasteiger partial charge is 0.288 e. The lowest BCUT2D eigenvalue weighted by atomic mass is 9.81. The highest BCUT2D eigenvalue weighted by atomic mass is 16.5. The van der Waals surface area contributed by atoms with Gasteiger partial charge in [0.2, 0.25) is 0 Å². The maximum absolute atomic E-state index is 11.7. The van der Waals surface area contributed by atoms with Crippen molar-refractivity contribution in [2.24, 2.45) is 5.92 Å². The lowest BCUT2D eigenvalue weighted by molar-refractivity contribution is 0.0706. The molecule has 5 rings (SSSR count). The van der Waals surface area contributed by atoms with Crippen LogP contribution < -0.4 is 5.48 Å². The Morgan fingerprint density at radius 3 is 2.74 bits per heavy atom. The third kappa shape index (κ3) is 4.05. The van der Waals surface area contributed by atoms with Crippen LogP contribution in [0.25, 0.3) is 22.0 Å². The maximum Gasteiger partial charge on any atom is 0.274 e. The van der Waals surface area contributed by atoms with Gasteiger partial charge in [-0.2, -0.15) is 0 Å². The Labute approximate surface area is 180 Å². The number of hydrogen-bond acceptors (Lipinski definition) is 4. The van der Waals surface area contributed by atoms with Crippen LogP contribution in [0, 0.1) is 5.92 Å². The van der Waals surface area contributed by atoms with Crippen molar-refractivity contribution in [3.63, 3.8) is 0 Å². The highest BCUT2D eigenvalue weighted by molar-refractivity contribution is 5.93. The Morgan fingerprint density at radius 2 is 1.87 bits per heavy atom. The predicted molar refractivity (Wildman–Crippen MR) is 120 cm³/mol. The number of hydrogen-bond donors (Lipinski definition) is 2. The standard InChI is InChI=1S/C26H23N3O2/c30-26(29-31)22-10-8-19-6-5-17(13-23(19)16-22)14-25-27-12-11-24(28-25)21-9-7-18-3-1-2-4-20(18)15-21/h1-4,7-12,15-17,31H,5-6,13-14H2,(H,29,30). The van der Waals surface area contributed by atoms with E-state index in [1.54, 1.807) is 11.5 Å². The molecule has 5 nitrogen and oxygen atoms in total. The van der Waals surface area contributed by atoms with E-state index in [9.17, 15) is 4.79 Å². The topological polar surface area (TPSA) is 75.1 Å². The zero-order chi connectivity index (χ0) is 21.2. The van der Waals surface area contributed by atoms with Crippen LogP contribution in [0.1, 0.15) is 33.7 Å². The molecule has 0 bridgehead atoms. The number of nitrogens with zero attached hydrogens (tertiary/aromatic N) is 2. The van der Waals surface area contributed by atoms with E-state index in [-0.39, 0.29) is 0 Å². The van der Waals surface area contributed by atoms with Crippen LogP contribution in [0.5, 0.6) is 0 Å². The van der Waals surface area contributed by atoms with Crippen LogP contribution in [-0.2, 0) is 19.3 Å². The van der Waals surface area contributed by atoms with E-state index < -0.39 is 5.91 Å². The smallest absolute Gasteiger partial charge is 0.274 e. The van der Waals surface area contributed by atoms with Crippen LogP contribution in [0.4, 0.5) is 0 Å². The molecule has 0 radical (unpaired) electrons. The van der Waals surface area contributed by atoms with Gasteiger partial charge in [0.05, 0.1) is 5.69 Å². The minimum atomic E-state index is -0.476. The predicted octanol–water partition coefficient (Wildman–Crippen LogP) is 4.76. The summed E-state index contributed by atoms with van der Waals surface area (Å²) in [7, 11) is 0. The summed E-state index contributed by atoms with van der Waals surface area (Å²) < 4.78 is 0. The van der Waals surface area contributed by atoms with Gasteiger partial charge in [0.1, 0.15) is 5.82 Å². The Morgan fingerprint density at radius 1 is 1.00 bits per heavy atom. The monoisotopic (exact) mass is 409 g/mol. The van der Waals surface area contributed by atoms with Crippen LogP contribution in [0.15, 0.2) is 72.9 Å². The molecule has 1 heterocycles. The third-order valence-electron chi connectivity index (χ3n) is 6.12. The van der Waals surface area contributed by atoms with Gasteiger partial charge in [-0.1, -0.05) is 42.5 Å². The normalized spacial score (nSPS) is 15.5. The van der Waals surface area contributed by atoms with E-state index in [0.29, 0.717) is 11.5 Å². The summed E-state index contributed by atoms with van der Waals surface area (Å²) >= 11 is 0. The zero-order valence-electron chi connectivity index (χ0n) is 17.1. The number of rotatable bonds is 4. The van der Waals surface area contributed by atoms with E-state index in [2.05, 4.69) is 35.3 Å². The van der Waals surface area contributed by atoms with Crippen molar-refractivity contribution in [1.29, 1.82) is 0 Å². The minimum Gasteiger partial charge on any atom is -0.288 e. The molecule has 5 heteroatoms. The molecular weight excluding hydrogens is 386 g/mol. The van der Waals surface area contributed by atoms with Gasteiger partial charge < -0.3 is 0 Å². The van der Waals surface area contributed by atoms with Crippen molar-refractivity contribution in [2.45, 2.75) is 25.7 Å². The Hall–Kier alpha value is -3.57. The molecule has 0 spiro atoms. The fourth-order valence-electron chi connectivity index (χ4n) is 4.48. The maximum atomic E-state index is 11.7. The fourth-order valence-corrected chi connectivity index (χ4v) is 4.48. The summed E-state index contributed by atoms with van der Waals surface area (Å²) in [5.41, 5.74) is 6.67. The van der Waals surface area contributed by atoms with Crippen molar-refractivity contribution in [3.8, 4) is 11.3 Å². The first-order chi connectivity index (χ1) is 15.2. The number of aryl methyl sites for hydroxylation is 1. The first-order valence-corrected chi connectivity index (χ1v) is 10.6. The molecule has 1 unspecified atom stereocenters. The van der Waals surface area contributed by atoms with Gasteiger partial charge in [-0.15, -0.1) is 0 Å². The summed E-state index contributed by atoms with van der Waals surface area (Å²) in [6.07, 6.45) is 5.57. The molecular formula is C26H23N3O2. The molecule has 1 aliphatic carbocycles. The first-order valence-electron chi connectivity index (χ1n) is 10.6. The van der Waals surface area contributed by atoms with Crippen molar-refractivity contribution < 1.29 is 10.0 Å². The van der Waals surface area contributed by atoms with Gasteiger partial charge in [-0.3, -0.25) is 10.0 Å². The Kier molecular flexibility index (Phi) is 5.18. The van der Waals surface area contributed by atoms with Crippen molar-refractivity contribution in [3.05, 3.63) is 95.4 Å². The molecule has 4 aromatic rings. The first kappa shape index (κ1) is 19.4. The fraction of sp³-hybridized carbons (Fsp3) is 0.192. The number of benzene rings is 3. The minimum absolute atomic E-state index is 0.423. The van der Waals surface area contributed by atoms with Crippen LogP contribution in [-0.4, -0.2) is 21.1 Å². The van der Waals surface area contributed by atoms with E-state index in [4.69, 9.17) is 10.2 Å². The lowest BCUT2D eigenvalue weighted by Gasteiger charge is -2.24. The van der Waals surface area contributed by atoms with Crippen molar-refractivity contribution >= 4 is 16.7 Å². The number of carbonyl (C=O) groups excluding carboxylic acids is 1. The van der Waals surface area contributed by atoms with E-state index >= 15 is 0 Å². The van der Waals surface area contributed by atoms with E-state index in [1.807, 2.05) is 36.5 Å². The average molecular weight is 409 g/mol. The molecule has 2 N–H and O–H groups in total. The zero-order valence-corrected chi connectivity index (χ0v) is 17.1. The number of fused-ring (bicyclic) bond motifs is 2. The van der Waals surface area contributed by atoms with Gasteiger partial charge in [-0.05, 0) is 71.3 Å². The van der Waals surface area contributed by atoms with E-state index in [0.717, 1.165) is 42.8 Å². The Bertz CT molecular complexity index is 1270. The molecule has 1 amide bonds. The number of aromatic nitrogens is 2. The lowest BCUT2D eigenvalue weighted by Crippen LogP contribution is -2.21. The molecule has 1 aromatic heterocycles. The second kappa shape index (κ2) is 8.28. The van der Waals surface area contributed by atoms with Gasteiger partial charge in [0.25, 0.3) is 5.91 Å². The van der Waals surface area contributed by atoms with E-state index in [1.165, 1.54) is 21.9 Å². The average Bonchev–Trinajstić information content (AvgIpc) is 2.83. The number of hydroxylamine groups is 1. The second-order valence-corrected chi connectivity index (χ2v) is 8.16. The molecule has 0 saturated heterocycles. The Balaban J connectivity index is 1.36. The number of amides is 1. The van der Waals surface area contributed by atoms with Crippen molar-refractivity contribution in [1.82, 2.24) is 15.4 Å². The van der Waals surface area contributed by atoms with Gasteiger partial charge >= 0.3 is 0 Å². The van der Waals surface area contributed by atoms with Crippen molar-refractivity contribution in [2.75, 3.05) is 0 Å². The molecule has 31 heavy (non-hydrogen) atoms. The molecule has 154 valence electrons. The van der Waals surface area contributed by atoms with Crippen LogP contribution in [0.3, 0.4) is 0 Å². The molecule has 1 aliphatic rings. The highest BCUT2D eigenvalue weighted by Gasteiger charge is 2.21.